The molecule has 2 fully saturated rings. The number of hydrogen-bond acceptors (Lipinski definition) is 4. The summed E-state index contributed by atoms with van der Waals surface area (Å²) in [5.41, 5.74) is 1.23. The van der Waals surface area contributed by atoms with Gasteiger partial charge in [0.25, 0.3) is 0 Å². The second-order valence-electron chi connectivity index (χ2n) is 7.62. The number of aryl methyl sites for hydroxylation is 1. The van der Waals surface area contributed by atoms with Crippen molar-refractivity contribution in [3.63, 3.8) is 0 Å². The molecule has 26 heavy (non-hydrogen) atoms. The molecule has 144 valence electrons. The van der Waals surface area contributed by atoms with E-state index in [0.717, 1.165) is 56.8 Å². The predicted molar refractivity (Wildman–Crippen MR) is 103 cm³/mol. The van der Waals surface area contributed by atoms with Gasteiger partial charge >= 0.3 is 0 Å². The number of likely N-dealkylation sites (tertiary alicyclic amines) is 1. The van der Waals surface area contributed by atoms with Gasteiger partial charge in [0.05, 0.1) is 14.2 Å². The Morgan fingerprint density at radius 2 is 2.00 bits per heavy atom. The molecule has 2 saturated heterocycles. The first-order valence-electron chi connectivity index (χ1n) is 9.86. The summed E-state index contributed by atoms with van der Waals surface area (Å²) in [4.78, 5) is 15.2. The van der Waals surface area contributed by atoms with Gasteiger partial charge in [-0.1, -0.05) is 13.0 Å². The van der Waals surface area contributed by atoms with Crippen LogP contribution in [0.25, 0.3) is 0 Å². The molecule has 5 heteroatoms. The Morgan fingerprint density at radius 1 is 1.23 bits per heavy atom. The van der Waals surface area contributed by atoms with Crippen LogP contribution >= 0.6 is 0 Å². The number of nitrogens with zero attached hydrogens (tertiary/aromatic N) is 1. The number of ether oxygens (including phenoxy) is 2. The van der Waals surface area contributed by atoms with Crippen LogP contribution in [-0.2, 0) is 11.2 Å². The second kappa shape index (κ2) is 8.76. The summed E-state index contributed by atoms with van der Waals surface area (Å²) < 4.78 is 10.7. The molecule has 2 heterocycles. The maximum absolute atomic E-state index is 13.0. The molecule has 2 unspecified atom stereocenters. The van der Waals surface area contributed by atoms with E-state index in [2.05, 4.69) is 29.3 Å². The first-order valence-corrected chi connectivity index (χ1v) is 9.86. The third kappa shape index (κ3) is 4.14. The fourth-order valence-electron chi connectivity index (χ4n) is 4.09. The summed E-state index contributed by atoms with van der Waals surface area (Å²) in [6.07, 6.45) is 5.44. The molecule has 1 aromatic rings. The Kier molecular flexibility index (Phi) is 6.41. The van der Waals surface area contributed by atoms with Crippen LogP contribution in [0, 0.1) is 11.8 Å². The van der Waals surface area contributed by atoms with Crippen molar-refractivity contribution in [1.82, 2.24) is 10.2 Å². The van der Waals surface area contributed by atoms with Crippen LogP contribution in [0.15, 0.2) is 18.2 Å². The van der Waals surface area contributed by atoms with Crippen LogP contribution in [0.3, 0.4) is 0 Å². The smallest absolute Gasteiger partial charge is 0.226 e. The van der Waals surface area contributed by atoms with Crippen molar-refractivity contribution in [3.8, 4) is 11.5 Å². The SMILES string of the molecule is COc1ccc(CCC2CCCCN2C(=O)C(C)C2CNC2)cc1OC. The fourth-order valence-corrected chi connectivity index (χ4v) is 4.09. The second-order valence-corrected chi connectivity index (χ2v) is 7.62. The van der Waals surface area contributed by atoms with Crippen LogP contribution in [0.5, 0.6) is 11.5 Å². The molecule has 1 N–H and O–H groups in total. The molecule has 2 aliphatic heterocycles. The van der Waals surface area contributed by atoms with Crippen molar-refractivity contribution in [3.05, 3.63) is 23.8 Å². The van der Waals surface area contributed by atoms with Crippen molar-refractivity contribution in [2.75, 3.05) is 33.9 Å². The number of methoxy groups -OCH3 is 2. The minimum Gasteiger partial charge on any atom is -0.493 e. The molecular weight excluding hydrogens is 328 g/mol. The summed E-state index contributed by atoms with van der Waals surface area (Å²) in [5.74, 6) is 2.53. The molecule has 2 atom stereocenters. The van der Waals surface area contributed by atoms with Gasteiger partial charge in [0, 0.05) is 18.5 Å². The van der Waals surface area contributed by atoms with Crippen molar-refractivity contribution in [1.29, 1.82) is 0 Å². The van der Waals surface area contributed by atoms with Gasteiger partial charge in [-0.2, -0.15) is 0 Å². The number of benzene rings is 1. The van der Waals surface area contributed by atoms with E-state index in [1.54, 1.807) is 14.2 Å². The topological polar surface area (TPSA) is 50.8 Å². The van der Waals surface area contributed by atoms with E-state index in [-0.39, 0.29) is 5.92 Å². The molecule has 0 saturated carbocycles. The lowest BCUT2D eigenvalue weighted by molar-refractivity contribution is -0.141. The van der Waals surface area contributed by atoms with Crippen molar-refractivity contribution in [2.24, 2.45) is 11.8 Å². The van der Waals surface area contributed by atoms with E-state index >= 15 is 0 Å². The summed E-state index contributed by atoms with van der Waals surface area (Å²) >= 11 is 0. The van der Waals surface area contributed by atoms with E-state index in [0.29, 0.717) is 17.9 Å². The average molecular weight is 360 g/mol. The van der Waals surface area contributed by atoms with E-state index < -0.39 is 0 Å². The first-order chi connectivity index (χ1) is 12.6. The average Bonchev–Trinajstić information content (AvgIpc) is 2.64. The Balaban J connectivity index is 1.62. The highest BCUT2D eigenvalue weighted by Crippen LogP contribution is 2.30. The summed E-state index contributed by atoms with van der Waals surface area (Å²) in [6.45, 7) is 4.99. The third-order valence-corrected chi connectivity index (χ3v) is 6.03. The zero-order valence-electron chi connectivity index (χ0n) is 16.3. The highest BCUT2D eigenvalue weighted by atomic mass is 16.5. The molecule has 3 rings (SSSR count). The number of amides is 1. The van der Waals surface area contributed by atoms with Gasteiger partial charge in [0.1, 0.15) is 0 Å². The van der Waals surface area contributed by atoms with Crippen LogP contribution in [0.1, 0.15) is 38.2 Å². The van der Waals surface area contributed by atoms with Crippen LogP contribution < -0.4 is 14.8 Å². The highest BCUT2D eigenvalue weighted by molar-refractivity contribution is 5.79. The van der Waals surface area contributed by atoms with Gasteiger partial charge in [-0.05, 0) is 68.8 Å². The lowest BCUT2D eigenvalue weighted by Gasteiger charge is -2.40. The zero-order chi connectivity index (χ0) is 18.5. The molecule has 0 bridgehead atoms. The zero-order valence-corrected chi connectivity index (χ0v) is 16.3. The molecule has 0 spiro atoms. The normalized spacial score (nSPS) is 21.8. The fraction of sp³-hybridized carbons (Fsp3) is 0.667. The Morgan fingerprint density at radius 3 is 2.65 bits per heavy atom. The Bertz CT molecular complexity index is 615. The molecule has 0 aromatic heterocycles. The van der Waals surface area contributed by atoms with Gasteiger partial charge in [0.2, 0.25) is 5.91 Å². The molecule has 0 radical (unpaired) electrons. The minimum atomic E-state index is 0.137. The van der Waals surface area contributed by atoms with Crippen molar-refractivity contribution in [2.45, 2.75) is 45.1 Å². The highest BCUT2D eigenvalue weighted by Gasteiger charge is 2.35. The lowest BCUT2D eigenvalue weighted by atomic mass is 9.86. The van der Waals surface area contributed by atoms with E-state index in [1.807, 2.05) is 6.07 Å². The minimum absolute atomic E-state index is 0.137. The first kappa shape index (κ1) is 19.0. The number of carbonyl (C=O) groups excluding carboxylic acids is 1. The van der Waals surface area contributed by atoms with Crippen LogP contribution in [-0.4, -0.2) is 50.7 Å². The standard InChI is InChI=1S/C21H32N2O3/c1-15(17-13-22-14-17)21(24)23-11-5-4-6-18(23)9-7-16-8-10-19(25-2)20(12-16)26-3/h8,10,12,15,17-18,22H,4-7,9,11,13-14H2,1-3H3. The maximum Gasteiger partial charge on any atom is 0.226 e. The largest absolute Gasteiger partial charge is 0.493 e. The molecule has 1 amide bonds. The predicted octanol–water partition coefficient (Wildman–Crippen LogP) is 2.87. The third-order valence-electron chi connectivity index (χ3n) is 6.03. The van der Waals surface area contributed by atoms with E-state index in [9.17, 15) is 4.79 Å². The lowest BCUT2D eigenvalue weighted by Crippen LogP contribution is -2.53. The molecule has 0 aliphatic carbocycles. The maximum atomic E-state index is 13.0. The van der Waals surface area contributed by atoms with Crippen LogP contribution in [0.4, 0.5) is 0 Å². The number of piperidine rings is 1. The monoisotopic (exact) mass is 360 g/mol. The Labute approximate surface area is 157 Å². The van der Waals surface area contributed by atoms with Gasteiger partial charge in [-0.25, -0.2) is 0 Å². The number of hydrogen-bond donors (Lipinski definition) is 1. The summed E-state index contributed by atoms with van der Waals surface area (Å²) in [6, 6.07) is 6.47. The molecule has 5 nitrogen and oxygen atoms in total. The molecule has 2 aliphatic rings. The Hall–Kier alpha value is -1.75. The number of carbonyl (C=O) groups is 1. The summed E-state index contributed by atoms with van der Waals surface area (Å²) in [7, 11) is 3.32. The van der Waals surface area contributed by atoms with Crippen molar-refractivity contribution >= 4 is 5.91 Å². The van der Waals surface area contributed by atoms with Gasteiger partial charge in [0.15, 0.2) is 11.5 Å². The quantitative estimate of drug-likeness (QED) is 0.812. The van der Waals surface area contributed by atoms with Crippen molar-refractivity contribution < 1.29 is 14.3 Å². The summed E-state index contributed by atoms with van der Waals surface area (Å²) in [5, 5.41) is 3.29. The van der Waals surface area contributed by atoms with Gasteiger partial charge < -0.3 is 19.7 Å². The van der Waals surface area contributed by atoms with Crippen LogP contribution in [0.2, 0.25) is 0 Å². The van der Waals surface area contributed by atoms with E-state index in [1.165, 1.54) is 12.0 Å². The number of rotatable bonds is 7. The molecule has 1 aromatic carbocycles. The van der Waals surface area contributed by atoms with E-state index in [4.69, 9.17) is 9.47 Å². The number of nitrogens with one attached hydrogen (secondary N) is 1. The molecular formula is C21H32N2O3. The van der Waals surface area contributed by atoms with Gasteiger partial charge in [-0.3, -0.25) is 4.79 Å². The van der Waals surface area contributed by atoms with Gasteiger partial charge in [-0.15, -0.1) is 0 Å².